The van der Waals surface area contributed by atoms with E-state index in [9.17, 15) is 14.4 Å². The number of aromatic nitrogens is 3. The number of hydrogen-bond acceptors (Lipinski definition) is 6. The minimum Gasteiger partial charge on any atom is -0.370 e. The van der Waals surface area contributed by atoms with Crippen molar-refractivity contribution in [2.24, 2.45) is 12.8 Å². The molecule has 1 heterocycles. The summed E-state index contributed by atoms with van der Waals surface area (Å²) in [7, 11) is 1.76. The number of nitrogens with two attached hydrogens (primary N) is 1. The van der Waals surface area contributed by atoms with E-state index in [1.54, 1.807) is 11.6 Å². The molecule has 150 valence electrons. The number of carbonyl (C=O) groups excluding carboxylic acids is 3. The van der Waals surface area contributed by atoms with Crippen LogP contribution in [0.3, 0.4) is 0 Å². The monoisotopic (exact) mass is 404 g/mol. The van der Waals surface area contributed by atoms with Gasteiger partial charge in [-0.2, -0.15) is 0 Å². The Balaban J connectivity index is 1.78. The Labute approximate surface area is 167 Å². The molecule has 0 aliphatic carbocycles. The number of benzene rings is 1. The van der Waals surface area contributed by atoms with Crippen molar-refractivity contribution in [1.82, 2.24) is 20.1 Å². The maximum Gasteiger partial charge on any atom is 0.243 e. The fourth-order valence-electron chi connectivity index (χ4n) is 2.48. The maximum absolute atomic E-state index is 12.1. The van der Waals surface area contributed by atoms with Crippen molar-refractivity contribution >= 4 is 35.2 Å². The number of aryl methyl sites for hydroxylation is 3. The molecule has 0 fully saturated rings. The van der Waals surface area contributed by atoms with Gasteiger partial charge in [0, 0.05) is 25.6 Å². The second-order valence-electron chi connectivity index (χ2n) is 6.30. The minimum atomic E-state index is -0.407. The third-order valence-electron chi connectivity index (χ3n) is 4.04. The lowest BCUT2D eigenvalue weighted by Gasteiger charge is -2.11. The number of nitrogens with zero attached hydrogens (tertiary/aromatic N) is 3. The van der Waals surface area contributed by atoms with Gasteiger partial charge in [0.25, 0.3) is 0 Å². The molecule has 0 atom stereocenters. The van der Waals surface area contributed by atoms with Crippen molar-refractivity contribution in [3.8, 4) is 0 Å². The first-order valence-electron chi connectivity index (χ1n) is 8.70. The highest BCUT2D eigenvalue weighted by Crippen LogP contribution is 2.19. The Morgan fingerprint density at radius 2 is 1.82 bits per heavy atom. The number of carbonyl (C=O) groups is 3. The van der Waals surface area contributed by atoms with E-state index < -0.39 is 5.91 Å². The zero-order valence-electron chi connectivity index (χ0n) is 16.1. The smallest absolute Gasteiger partial charge is 0.243 e. The van der Waals surface area contributed by atoms with Gasteiger partial charge in [0.1, 0.15) is 5.82 Å². The van der Waals surface area contributed by atoms with Gasteiger partial charge in [-0.05, 0) is 25.0 Å². The van der Waals surface area contributed by atoms with Crippen LogP contribution < -0.4 is 16.4 Å². The predicted octanol–water partition coefficient (Wildman–Crippen LogP) is 0.697. The number of para-hydroxylation sites is 1. The van der Waals surface area contributed by atoms with Crippen LogP contribution in [0.15, 0.2) is 23.4 Å². The van der Waals surface area contributed by atoms with E-state index in [-0.39, 0.29) is 30.5 Å². The molecule has 0 unspecified atom stereocenters. The average Bonchev–Trinajstić information content (AvgIpc) is 2.99. The van der Waals surface area contributed by atoms with E-state index in [0.717, 1.165) is 16.8 Å². The molecule has 2 aromatic rings. The van der Waals surface area contributed by atoms with E-state index >= 15 is 0 Å². The molecule has 0 saturated heterocycles. The molecular weight excluding hydrogens is 380 g/mol. The molecule has 0 aliphatic rings. The average molecular weight is 404 g/mol. The zero-order chi connectivity index (χ0) is 20.7. The fraction of sp³-hybridized carbons (Fsp3) is 0.389. The van der Waals surface area contributed by atoms with Crippen molar-refractivity contribution in [1.29, 1.82) is 0 Å². The molecule has 0 aliphatic heterocycles. The number of thioether (sulfide) groups is 1. The maximum atomic E-state index is 12.1. The topological polar surface area (TPSA) is 132 Å². The summed E-state index contributed by atoms with van der Waals surface area (Å²) >= 11 is 1.20. The van der Waals surface area contributed by atoms with Crippen LogP contribution in [0.2, 0.25) is 0 Å². The van der Waals surface area contributed by atoms with Crippen LogP contribution in [0.5, 0.6) is 0 Å². The normalized spacial score (nSPS) is 10.5. The number of primary amides is 1. The molecule has 0 bridgehead atoms. The third kappa shape index (κ3) is 6.08. The van der Waals surface area contributed by atoms with Crippen LogP contribution in [-0.2, 0) is 27.9 Å². The van der Waals surface area contributed by atoms with E-state index in [1.807, 2.05) is 32.0 Å². The molecule has 1 aromatic carbocycles. The quantitative estimate of drug-likeness (QED) is 0.527. The van der Waals surface area contributed by atoms with Crippen LogP contribution >= 0.6 is 11.8 Å². The van der Waals surface area contributed by atoms with Crippen LogP contribution in [0.25, 0.3) is 0 Å². The molecule has 0 spiro atoms. The highest BCUT2D eigenvalue weighted by Gasteiger charge is 2.13. The van der Waals surface area contributed by atoms with Crippen LogP contribution in [0.4, 0.5) is 5.69 Å². The van der Waals surface area contributed by atoms with Gasteiger partial charge in [0.05, 0.1) is 12.3 Å². The van der Waals surface area contributed by atoms with Crippen molar-refractivity contribution in [2.75, 3.05) is 17.6 Å². The Hall–Kier alpha value is -2.88. The summed E-state index contributed by atoms with van der Waals surface area (Å²) < 4.78 is 1.72. The molecular formula is C18H24N6O3S. The first-order valence-corrected chi connectivity index (χ1v) is 9.68. The molecule has 1 aromatic heterocycles. The van der Waals surface area contributed by atoms with Gasteiger partial charge in [-0.3, -0.25) is 14.4 Å². The van der Waals surface area contributed by atoms with Crippen molar-refractivity contribution < 1.29 is 14.4 Å². The molecule has 10 heteroatoms. The molecule has 9 nitrogen and oxygen atoms in total. The van der Waals surface area contributed by atoms with E-state index in [4.69, 9.17) is 5.73 Å². The lowest BCUT2D eigenvalue weighted by atomic mass is 10.1. The zero-order valence-corrected chi connectivity index (χ0v) is 16.9. The lowest BCUT2D eigenvalue weighted by Crippen LogP contribution is -2.34. The highest BCUT2D eigenvalue weighted by atomic mass is 32.2. The second-order valence-corrected chi connectivity index (χ2v) is 7.25. The number of nitrogens with one attached hydrogen (secondary N) is 2. The molecule has 4 N–H and O–H groups in total. The first-order chi connectivity index (χ1) is 13.3. The van der Waals surface area contributed by atoms with E-state index in [2.05, 4.69) is 20.8 Å². The van der Waals surface area contributed by atoms with E-state index in [0.29, 0.717) is 17.4 Å². The van der Waals surface area contributed by atoms with Gasteiger partial charge in [0.2, 0.25) is 17.7 Å². The summed E-state index contributed by atoms with van der Waals surface area (Å²) in [5.41, 5.74) is 7.82. The molecule has 28 heavy (non-hydrogen) atoms. The van der Waals surface area contributed by atoms with Gasteiger partial charge in [-0.15, -0.1) is 10.2 Å². The first kappa shape index (κ1) is 21.4. The predicted molar refractivity (Wildman–Crippen MR) is 107 cm³/mol. The number of hydrogen-bond donors (Lipinski definition) is 3. The number of amides is 3. The SMILES string of the molecule is Cc1cccc(C)c1NC(=O)CNC(=O)CSc1nnc(CCC(N)=O)n1C. The lowest BCUT2D eigenvalue weighted by molar-refractivity contribution is -0.122. The van der Waals surface area contributed by atoms with Gasteiger partial charge in [0.15, 0.2) is 5.16 Å². The van der Waals surface area contributed by atoms with Crippen molar-refractivity contribution in [3.05, 3.63) is 35.2 Å². The summed E-state index contributed by atoms with van der Waals surface area (Å²) in [6, 6.07) is 5.75. The minimum absolute atomic E-state index is 0.0957. The summed E-state index contributed by atoms with van der Waals surface area (Å²) in [6.07, 6.45) is 0.580. The molecule has 3 amide bonds. The fourth-order valence-corrected chi connectivity index (χ4v) is 3.24. The Bertz CT molecular complexity index is 860. The summed E-state index contributed by atoms with van der Waals surface area (Å²) in [4.78, 5) is 35.0. The largest absolute Gasteiger partial charge is 0.370 e. The van der Waals surface area contributed by atoms with Crippen LogP contribution in [0, 0.1) is 13.8 Å². The van der Waals surface area contributed by atoms with E-state index in [1.165, 1.54) is 11.8 Å². The third-order valence-corrected chi connectivity index (χ3v) is 5.06. The van der Waals surface area contributed by atoms with Crippen molar-refractivity contribution in [3.63, 3.8) is 0 Å². The Morgan fingerprint density at radius 3 is 2.46 bits per heavy atom. The van der Waals surface area contributed by atoms with Crippen molar-refractivity contribution in [2.45, 2.75) is 31.8 Å². The van der Waals surface area contributed by atoms with Gasteiger partial charge >= 0.3 is 0 Å². The van der Waals surface area contributed by atoms with Gasteiger partial charge in [-0.1, -0.05) is 30.0 Å². The standard InChI is InChI=1S/C18H24N6O3S/c1-11-5-4-6-12(2)17(11)21-15(26)9-20-16(27)10-28-18-23-22-14(24(18)3)8-7-13(19)25/h4-6H,7-10H2,1-3H3,(H2,19,25)(H,20,27)(H,21,26). The number of rotatable bonds is 9. The van der Waals surface area contributed by atoms with Gasteiger partial charge in [-0.25, -0.2) is 0 Å². The summed E-state index contributed by atoms with van der Waals surface area (Å²) in [5.74, 6) is -0.268. The Morgan fingerprint density at radius 1 is 1.14 bits per heavy atom. The van der Waals surface area contributed by atoms with Crippen LogP contribution in [-0.4, -0.2) is 44.8 Å². The number of anilines is 1. The molecule has 2 rings (SSSR count). The summed E-state index contributed by atoms with van der Waals surface area (Å²) in [5, 5.41) is 13.9. The molecule has 0 saturated carbocycles. The summed E-state index contributed by atoms with van der Waals surface area (Å²) in [6.45, 7) is 3.71. The molecule has 0 radical (unpaired) electrons. The highest BCUT2D eigenvalue weighted by molar-refractivity contribution is 7.99. The van der Waals surface area contributed by atoms with Crippen LogP contribution in [0.1, 0.15) is 23.4 Å². The second kappa shape index (κ2) is 9.88. The Kier molecular flexibility index (Phi) is 7.56. The van der Waals surface area contributed by atoms with Gasteiger partial charge < -0.3 is 20.9 Å².